The van der Waals surface area contributed by atoms with Crippen molar-refractivity contribution >= 4 is 34.9 Å². The van der Waals surface area contributed by atoms with E-state index in [1.165, 1.54) is 10.5 Å². The molecule has 1 unspecified atom stereocenters. The molecule has 0 radical (unpaired) electrons. The van der Waals surface area contributed by atoms with E-state index in [0.717, 1.165) is 15.2 Å². The normalized spacial score (nSPS) is 12.6. The Morgan fingerprint density at radius 3 is 2.68 bits per heavy atom. The lowest BCUT2D eigenvalue weighted by atomic mass is 10.1. The van der Waals surface area contributed by atoms with E-state index in [-0.39, 0.29) is 0 Å². The van der Waals surface area contributed by atoms with Crippen LogP contribution in [0.4, 0.5) is 0 Å². The van der Waals surface area contributed by atoms with E-state index >= 15 is 0 Å². The van der Waals surface area contributed by atoms with E-state index in [4.69, 9.17) is 0 Å². The lowest BCUT2D eigenvalue weighted by Gasteiger charge is -2.15. The molecule has 0 fully saturated rings. The number of benzene rings is 1. The van der Waals surface area contributed by atoms with E-state index in [9.17, 15) is 0 Å². The summed E-state index contributed by atoms with van der Waals surface area (Å²) >= 11 is 4.98. The first-order valence-electron chi connectivity index (χ1n) is 6.12. The Bertz CT molecular complexity index is 527. The molecule has 19 heavy (non-hydrogen) atoms. The fourth-order valence-corrected chi connectivity index (χ4v) is 4.38. The van der Waals surface area contributed by atoms with Crippen LogP contribution in [-0.2, 0) is 0 Å². The van der Waals surface area contributed by atoms with Crippen LogP contribution < -0.4 is 5.32 Å². The van der Waals surface area contributed by atoms with Crippen molar-refractivity contribution in [3.8, 4) is 0 Å². The summed E-state index contributed by atoms with van der Waals surface area (Å²) in [5, 5.41) is 11.8. The van der Waals surface area contributed by atoms with Crippen molar-refractivity contribution in [2.75, 3.05) is 12.8 Å². The molecule has 0 saturated carbocycles. The number of nitrogens with zero attached hydrogens (tertiary/aromatic N) is 2. The zero-order chi connectivity index (χ0) is 13.7. The zero-order valence-corrected chi connectivity index (χ0v) is 13.7. The SMILES string of the molecule is CCNC(C)c1ccccc1Sc1nnc(SC)s1. The van der Waals surface area contributed by atoms with E-state index in [2.05, 4.69) is 53.6 Å². The Labute approximate surface area is 126 Å². The van der Waals surface area contributed by atoms with Crippen LogP contribution in [0.1, 0.15) is 25.5 Å². The van der Waals surface area contributed by atoms with Crippen molar-refractivity contribution in [2.45, 2.75) is 33.5 Å². The van der Waals surface area contributed by atoms with Gasteiger partial charge in [-0.2, -0.15) is 0 Å². The highest BCUT2D eigenvalue weighted by atomic mass is 32.2. The maximum Gasteiger partial charge on any atom is 0.179 e. The number of aromatic nitrogens is 2. The highest BCUT2D eigenvalue weighted by Gasteiger charge is 2.12. The lowest BCUT2D eigenvalue weighted by Crippen LogP contribution is -2.18. The predicted octanol–water partition coefficient (Wildman–Crippen LogP) is 4.08. The average Bonchev–Trinajstić information content (AvgIpc) is 2.87. The van der Waals surface area contributed by atoms with Gasteiger partial charge in [0.2, 0.25) is 0 Å². The smallest absolute Gasteiger partial charge is 0.179 e. The first-order chi connectivity index (χ1) is 9.24. The Hall–Kier alpha value is -0.560. The molecule has 1 N–H and O–H groups in total. The molecule has 2 aromatic rings. The highest BCUT2D eigenvalue weighted by Crippen LogP contribution is 2.36. The summed E-state index contributed by atoms with van der Waals surface area (Å²) in [5.74, 6) is 0. The molecular formula is C13H17N3S3. The molecule has 6 heteroatoms. The second-order valence-corrected chi connectivity index (χ2v) is 7.28. The van der Waals surface area contributed by atoms with E-state index in [1.54, 1.807) is 34.9 Å². The largest absolute Gasteiger partial charge is 0.310 e. The third-order valence-electron chi connectivity index (χ3n) is 2.66. The monoisotopic (exact) mass is 311 g/mol. The van der Waals surface area contributed by atoms with Gasteiger partial charge in [0.1, 0.15) is 0 Å². The Morgan fingerprint density at radius 2 is 2.00 bits per heavy atom. The maximum absolute atomic E-state index is 4.22. The molecule has 0 aliphatic rings. The summed E-state index contributed by atoms with van der Waals surface area (Å²) in [6.45, 7) is 5.29. The second kappa shape index (κ2) is 7.28. The Kier molecular flexibility index (Phi) is 5.69. The van der Waals surface area contributed by atoms with Crippen LogP contribution in [0, 0.1) is 0 Å². The molecule has 0 aliphatic carbocycles. The molecule has 3 nitrogen and oxygen atoms in total. The van der Waals surface area contributed by atoms with Crippen LogP contribution in [-0.4, -0.2) is 23.0 Å². The van der Waals surface area contributed by atoms with E-state index in [1.807, 2.05) is 6.26 Å². The molecule has 1 aromatic heterocycles. The van der Waals surface area contributed by atoms with E-state index < -0.39 is 0 Å². The van der Waals surface area contributed by atoms with Gasteiger partial charge in [-0.25, -0.2) is 0 Å². The summed E-state index contributed by atoms with van der Waals surface area (Å²) in [6, 6.07) is 8.82. The molecule has 0 aliphatic heterocycles. The molecule has 0 bridgehead atoms. The number of thioether (sulfide) groups is 1. The fourth-order valence-electron chi connectivity index (χ4n) is 1.76. The highest BCUT2D eigenvalue weighted by molar-refractivity contribution is 8.03. The van der Waals surface area contributed by atoms with Crippen LogP contribution in [0.15, 0.2) is 37.8 Å². The molecule has 1 heterocycles. The minimum absolute atomic E-state index is 0.349. The van der Waals surface area contributed by atoms with Crippen molar-refractivity contribution in [1.29, 1.82) is 0 Å². The van der Waals surface area contributed by atoms with Crippen LogP contribution in [0.3, 0.4) is 0 Å². The van der Waals surface area contributed by atoms with Crippen molar-refractivity contribution in [2.24, 2.45) is 0 Å². The standard InChI is InChI=1S/C13H17N3S3/c1-4-14-9(2)10-7-5-6-8-11(10)18-13-16-15-12(17-3)19-13/h5-9,14H,4H2,1-3H3. The third kappa shape index (κ3) is 3.95. The van der Waals surface area contributed by atoms with Crippen molar-refractivity contribution in [1.82, 2.24) is 15.5 Å². The summed E-state index contributed by atoms with van der Waals surface area (Å²) in [4.78, 5) is 1.25. The first-order valence-corrected chi connectivity index (χ1v) is 8.98. The minimum atomic E-state index is 0.349. The van der Waals surface area contributed by atoms with Gasteiger partial charge in [-0.3, -0.25) is 0 Å². The van der Waals surface area contributed by atoms with E-state index in [0.29, 0.717) is 6.04 Å². The van der Waals surface area contributed by atoms with Gasteiger partial charge >= 0.3 is 0 Å². The van der Waals surface area contributed by atoms with Gasteiger partial charge < -0.3 is 5.32 Å². The quantitative estimate of drug-likeness (QED) is 0.814. The number of rotatable bonds is 6. The maximum atomic E-state index is 4.22. The summed E-state index contributed by atoms with van der Waals surface area (Å²) in [5.41, 5.74) is 1.32. The van der Waals surface area contributed by atoms with Gasteiger partial charge in [0.25, 0.3) is 0 Å². The average molecular weight is 312 g/mol. The number of hydrogen-bond acceptors (Lipinski definition) is 6. The number of nitrogens with one attached hydrogen (secondary N) is 1. The molecule has 1 aromatic carbocycles. The Morgan fingerprint density at radius 1 is 1.26 bits per heavy atom. The summed E-state index contributed by atoms with van der Waals surface area (Å²) in [7, 11) is 0. The van der Waals surface area contributed by atoms with Crippen molar-refractivity contribution in [3.05, 3.63) is 29.8 Å². The first kappa shape index (κ1) is 14.8. The Balaban J connectivity index is 2.19. The molecule has 0 saturated heterocycles. The van der Waals surface area contributed by atoms with Crippen molar-refractivity contribution in [3.63, 3.8) is 0 Å². The molecular weight excluding hydrogens is 294 g/mol. The topological polar surface area (TPSA) is 37.8 Å². The van der Waals surface area contributed by atoms with Crippen LogP contribution >= 0.6 is 34.9 Å². The fraction of sp³-hybridized carbons (Fsp3) is 0.385. The van der Waals surface area contributed by atoms with Gasteiger partial charge in [-0.15, -0.1) is 10.2 Å². The van der Waals surface area contributed by atoms with Gasteiger partial charge in [0, 0.05) is 10.9 Å². The zero-order valence-electron chi connectivity index (χ0n) is 11.2. The number of hydrogen-bond donors (Lipinski definition) is 1. The van der Waals surface area contributed by atoms with Crippen LogP contribution in [0.5, 0.6) is 0 Å². The lowest BCUT2D eigenvalue weighted by molar-refractivity contribution is 0.590. The minimum Gasteiger partial charge on any atom is -0.310 e. The molecule has 1 atom stereocenters. The van der Waals surface area contributed by atoms with Crippen LogP contribution in [0.25, 0.3) is 0 Å². The third-order valence-corrected chi connectivity index (χ3v) is 5.70. The summed E-state index contributed by atoms with van der Waals surface area (Å²) in [6.07, 6.45) is 2.02. The predicted molar refractivity (Wildman–Crippen MR) is 84.3 cm³/mol. The van der Waals surface area contributed by atoms with Gasteiger partial charge in [-0.05, 0) is 31.4 Å². The summed E-state index contributed by atoms with van der Waals surface area (Å²) < 4.78 is 2.01. The molecule has 102 valence electrons. The molecule has 2 rings (SSSR count). The van der Waals surface area contributed by atoms with Crippen LogP contribution in [0.2, 0.25) is 0 Å². The molecule has 0 spiro atoms. The molecule has 0 amide bonds. The van der Waals surface area contributed by atoms with Gasteiger partial charge in [0.15, 0.2) is 8.68 Å². The van der Waals surface area contributed by atoms with Gasteiger partial charge in [0.05, 0.1) is 0 Å². The van der Waals surface area contributed by atoms with Crippen molar-refractivity contribution < 1.29 is 0 Å². The van der Waals surface area contributed by atoms with Gasteiger partial charge in [-0.1, -0.05) is 60.0 Å². The second-order valence-electron chi connectivity index (χ2n) is 3.96.